The minimum atomic E-state index is -0.551. The summed E-state index contributed by atoms with van der Waals surface area (Å²) in [5.74, 6) is -0.383. The fourth-order valence-corrected chi connectivity index (χ4v) is 3.17. The van der Waals surface area contributed by atoms with Crippen molar-refractivity contribution in [2.45, 2.75) is 72.0 Å². The van der Waals surface area contributed by atoms with Gasteiger partial charge in [0.05, 0.1) is 11.1 Å². The van der Waals surface area contributed by atoms with Gasteiger partial charge >= 0.3 is 11.9 Å². The first-order valence-electron chi connectivity index (χ1n) is 7.69. The Morgan fingerprint density at radius 3 is 1.43 bits per heavy atom. The summed E-state index contributed by atoms with van der Waals surface area (Å²) < 4.78 is 11.0. The van der Waals surface area contributed by atoms with Crippen LogP contribution in [-0.4, -0.2) is 23.1 Å². The van der Waals surface area contributed by atoms with Gasteiger partial charge in [0.2, 0.25) is 0 Å². The van der Waals surface area contributed by atoms with Gasteiger partial charge in [-0.2, -0.15) is 0 Å². The van der Waals surface area contributed by atoms with Crippen LogP contribution >= 0.6 is 0 Å². The first-order chi connectivity index (χ1) is 9.48. The SMILES string of the molecule is CC(C)(C)OC(=O)C1=C(C(=O)OC(C)(C)C)[C@H]2CCC1C2. The molecular formula is C17H26O4. The van der Waals surface area contributed by atoms with Crippen LogP contribution in [0.15, 0.2) is 11.1 Å². The van der Waals surface area contributed by atoms with Gasteiger partial charge in [0.15, 0.2) is 0 Å². The van der Waals surface area contributed by atoms with Gasteiger partial charge in [0.1, 0.15) is 11.2 Å². The third-order valence-corrected chi connectivity index (χ3v) is 3.78. The number of fused-ring (bicyclic) bond motifs is 2. The first-order valence-corrected chi connectivity index (χ1v) is 7.69. The second kappa shape index (κ2) is 5.15. The standard InChI is InChI=1S/C17H26O4/c1-16(2,3)20-14(18)12-10-7-8-11(9-10)13(12)15(19)21-17(4,5)6/h10-11H,7-9H2,1-6H3/t10-,11?/m0/s1. The van der Waals surface area contributed by atoms with E-state index in [0.717, 1.165) is 19.3 Å². The number of hydrogen-bond donors (Lipinski definition) is 0. The zero-order chi connectivity index (χ0) is 16.0. The maximum atomic E-state index is 12.4. The number of carbonyl (C=O) groups is 2. The lowest BCUT2D eigenvalue weighted by Crippen LogP contribution is -2.30. The second-order valence-electron chi connectivity index (χ2n) is 8.04. The summed E-state index contributed by atoms with van der Waals surface area (Å²) in [4.78, 5) is 24.9. The highest BCUT2D eigenvalue weighted by atomic mass is 16.6. The van der Waals surface area contributed by atoms with E-state index < -0.39 is 11.2 Å². The molecule has 1 saturated carbocycles. The topological polar surface area (TPSA) is 52.6 Å². The molecule has 0 aromatic heterocycles. The van der Waals surface area contributed by atoms with Crippen molar-refractivity contribution in [2.24, 2.45) is 11.8 Å². The minimum Gasteiger partial charge on any atom is -0.457 e. The molecule has 2 rings (SSSR count). The number of ether oxygens (including phenoxy) is 2. The van der Waals surface area contributed by atoms with Gasteiger partial charge < -0.3 is 9.47 Å². The highest BCUT2D eigenvalue weighted by Crippen LogP contribution is 2.49. The number of esters is 2. The first kappa shape index (κ1) is 16.1. The zero-order valence-electron chi connectivity index (χ0n) is 13.9. The van der Waals surface area contributed by atoms with Crippen LogP contribution in [0.2, 0.25) is 0 Å². The molecule has 118 valence electrons. The number of carbonyl (C=O) groups excluding carboxylic acids is 2. The molecule has 2 aliphatic rings. The second-order valence-corrected chi connectivity index (χ2v) is 8.04. The maximum absolute atomic E-state index is 12.4. The van der Waals surface area contributed by atoms with E-state index in [-0.39, 0.29) is 23.8 Å². The van der Waals surface area contributed by atoms with Crippen molar-refractivity contribution in [1.29, 1.82) is 0 Å². The van der Waals surface area contributed by atoms with Crippen LogP contribution in [-0.2, 0) is 19.1 Å². The van der Waals surface area contributed by atoms with Crippen LogP contribution in [0.1, 0.15) is 60.8 Å². The van der Waals surface area contributed by atoms with Gasteiger partial charge in [0.25, 0.3) is 0 Å². The van der Waals surface area contributed by atoms with Crippen LogP contribution in [0.5, 0.6) is 0 Å². The lowest BCUT2D eigenvalue weighted by molar-refractivity contribution is -0.154. The molecule has 0 aromatic rings. The molecule has 2 aliphatic carbocycles. The Kier molecular flexibility index (Phi) is 3.94. The van der Waals surface area contributed by atoms with Gasteiger partial charge in [-0.3, -0.25) is 0 Å². The van der Waals surface area contributed by atoms with E-state index in [4.69, 9.17) is 9.47 Å². The van der Waals surface area contributed by atoms with Gasteiger partial charge in [-0.1, -0.05) is 0 Å². The molecule has 1 unspecified atom stereocenters. The Balaban J connectivity index is 2.29. The molecule has 2 bridgehead atoms. The van der Waals surface area contributed by atoms with Gasteiger partial charge in [-0.05, 0) is 72.6 Å². The highest BCUT2D eigenvalue weighted by molar-refractivity contribution is 6.02. The van der Waals surface area contributed by atoms with E-state index in [9.17, 15) is 9.59 Å². The van der Waals surface area contributed by atoms with Crippen molar-refractivity contribution in [3.63, 3.8) is 0 Å². The molecule has 0 aliphatic heterocycles. The normalized spacial score (nSPS) is 25.2. The molecule has 0 N–H and O–H groups in total. The summed E-state index contributed by atoms with van der Waals surface area (Å²) in [7, 11) is 0. The molecule has 1 fully saturated rings. The monoisotopic (exact) mass is 294 g/mol. The molecule has 4 nitrogen and oxygen atoms in total. The van der Waals surface area contributed by atoms with E-state index in [0.29, 0.717) is 11.1 Å². The molecule has 21 heavy (non-hydrogen) atoms. The van der Waals surface area contributed by atoms with Crippen LogP contribution in [0.25, 0.3) is 0 Å². The molecule has 4 heteroatoms. The molecule has 0 radical (unpaired) electrons. The van der Waals surface area contributed by atoms with Crippen molar-refractivity contribution in [3.8, 4) is 0 Å². The fourth-order valence-electron chi connectivity index (χ4n) is 3.17. The predicted molar refractivity (Wildman–Crippen MR) is 79.5 cm³/mol. The van der Waals surface area contributed by atoms with E-state index >= 15 is 0 Å². The lowest BCUT2D eigenvalue weighted by atomic mass is 9.91. The molecule has 0 heterocycles. The van der Waals surface area contributed by atoms with Crippen LogP contribution in [0.4, 0.5) is 0 Å². The fraction of sp³-hybridized carbons (Fsp3) is 0.765. The summed E-state index contributed by atoms with van der Waals surface area (Å²) in [6.45, 7) is 11.0. The van der Waals surface area contributed by atoms with E-state index in [1.54, 1.807) is 0 Å². The lowest BCUT2D eigenvalue weighted by Gasteiger charge is -2.25. The Bertz CT molecular complexity index is 444. The molecule has 0 amide bonds. The third kappa shape index (κ3) is 3.66. The third-order valence-electron chi connectivity index (χ3n) is 3.78. The van der Waals surface area contributed by atoms with Crippen molar-refractivity contribution < 1.29 is 19.1 Å². The Labute approximate surface area is 126 Å². The number of hydrogen-bond acceptors (Lipinski definition) is 4. The summed E-state index contributed by atoms with van der Waals surface area (Å²) in [5, 5.41) is 0. The molecule has 0 saturated heterocycles. The molecule has 0 aromatic carbocycles. The zero-order valence-corrected chi connectivity index (χ0v) is 13.9. The Morgan fingerprint density at radius 2 is 1.14 bits per heavy atom. The van der Waals surface area contributed by atoms with Crippen molar-refractivity contribution in [3.05, 3.63) is 11.1 Å². The highest BCUT2D eigenvalue weighted by Gasteiger charge is 2.47. The van der Waals surface area contributed by atoms with Crippen LogP contribution in [0, 0.1) is 11.8 Å². The number of rotatable bonds is 2. The van der Waals surface area contributed by atoms with Crippen molar-refractivity contribution >= 4 is 11.9 Å². The van der Waals surface area contributed by atoms with Gasteiger partial charge in [0, 0.05) is 0 Å². The summed E-state index contributed by atoms with van der Waals surface area (Å²) in [6.07, 6.45) is 2.81. The molecular weight excluding hydrogens is 268 g/mol. The minimum absolute atomic E-state index is 0.160. The van der Waals surface area contributed by atoms with Crippen molar-refractivity contribution in [2.75, 3.05) is 0 Å². The maximum Gasteiger partial charge on any atom is 0.335 e. The van der Waals surface area contributed by atoms with Gasteiger partial charge in [-0.15, -0.1) is 0 Å². The predicted octanol–water partition coefficient (Wildman–Crippen LogP) is 3.40. The van der Waals surface area contributed by atoms with Gasteiger partial charge in [-0.25, -0.2) is 9.59 Å². The summed E-state index contributed by atoms with van der Waals surface area (Å²) in [6, 6.07) is 0. The average Bonchev–Trinajstić information content (AvgIpc) is 2.82. The Morgan fingerprint density at radius 1 is 0.810 bits per heavy atom. The quantitative estimate of drug-likeness (QED) is 0.732. The molecule has 2 atom stereocenters. The van der Waals surface area contributed by atoms with Crippen LogP contribution in [0.3, 0.4) is 0 Å². The largest absolute Gasteiger partial charge is 0.457 e. The van der Waals surface area contributed by atoms with E-state index in [1.807, 2.05) is 41.5 Å². The average molecular weight is 294 g/mol. The smallest absolute Gasteiger partial charge is 0.335 e. The van der Waals surface area contributed by atoms with Crippen LogP contribution < -0.4 is 0 Å². The molecule has 0 spiro atoms. The van der Waals surface area contributed by atoms with Crippen molar-refractivity contribution in [1.82, 2.24) is 0 Å². The van der Waals surface area contributed by atoms with E-state index in [1.165, 1.54) is 0 Å². The summed E-state index contributed by atoms with van der Waals surface area (Å²) >= 11 is 0. The van der Waals surface area contributed by atoms with E-state index in [2.05, 4.69) is 0 Å². The summed E-state index contributed by atoms with van der Waals surface area (Å²) in [5.41, 5.74) is 0.0291. The Hall–Kier alpha value is -1.32.